The number of aromatic carboxylic acids is 1. The molecule has 0 aliphatic heterocycles. The second kappa shape index (κ2) is 13.8. The molecular formula is C31H35N3O8S. The number of carboxylic acid groups (broad SMARTS) is 1. The molecule has 0 fully saturated rings. The maximum atomic E-state index is 12.4. The Hall–Kier alpha value is -4.23. The van der Waals surface area contributed by atoms with Gasteiger partial charge in [-0.3, -0.25) is 0 Å². The molecule has 0 aliphatic rings. The highest BCUT2D eigenvalue weighted by Crippen LogP contribution is 2.29. The number of aliphatic hydroxyl groups excluding tert-OH is 1. The normalized spacial score (nSPS) is 13.8. The van der Waals surface area contributed by atoms with Crippen LogP contribution in [0.25, 0.3) is 10.9 Å². The van der Waals surface area contributed by atoms with E-state index in [4.69, 9.17) is 9.47 Å². The number of hydrogen-bond acceptors (Lipinski definition) is 8. The number of nitrogens with zero attached hydrogens (tertiary/aromatic N) is 1. The summed E-state index contributed by atoms with van der Waals surface area (Å²) in [4.78, 5) is 24.2. The van der Waals surface area contributed by atoms with Gasteiger partial charge in [-0.25, -0.2) is 18.0 Å². The van der Waals surface area contributed by atoms with Gasteiger partial charge in [0.05, 0.1) is 24.4 Å². The van der Waals surface area contributed by atoms with Crippen molar-refractivity contribution in [1.29, 1.82) is 0 Å². The van der Waals surface area contributed by atoms with Gasteiger partial charge in [-0.15, -0.1) is 0 Å². The van der Waals surface area contributed by atoms with Crippen molar-refractivity contribution in [2.45, 2.75) is 31.7 Å². The maximum absolute atomic E-state index is 12.4. The van der Waals surface area contributed by atoms with E-state index >= 15 is 0 Å². The predicted octanol–water partition coefficient (Wildman–Crippen LogP) is 3.18. The number of ether oxygens (including phenoxy) is 2. The second-order valence-electron chi connectivity index (χ2n) is 10.3. The van der Waals surface area contributed by atoms with Crippen LogP contribution in [0.4, 0.5) is 0 Å². The number of para-hydroxylation sites is 1. The van der Waals surface area contributed by atoms with Crippen molar-refractivity contribution in [1.82, 2.24) is 14.6 Å². The Bertz CT molecular complexity index is 1670. The van der Waals surface area contributed by atoms with E-state index in [9.17, 15) is 28.2 Å². The zero-order valence-electron chi connectivity index (χ0n) is 24.1. The molecule has 4 rings (SSSR count). The summed E-state index contributed by atoms with van der Waals surface area (Å²) in [7, 11) is -2.53. The number of methoxy groups -OCH3 is 1. The molecule has 1 aromatic heterocycles. The predicted molar refractivity (Wildman–Crippen MR) is 162 cm³/mol. The molecule has 0 aliphatic carbocycles. The smallest absolute Gasteiger partial charge is 0.352 e. The fraction of sp³-hybridized carbons (Fsp3) is 0.290. The van der Waals surface area contributed by atoms with Crippen molar-refractivity contribution < 1.29 is 37.7 Å². The van der Waals surface area contributed by atoms with Crippen LogP contribution in [0.5, 0.6) is 5.75 Å². The number of benzene rings is 3. The van der Waals surface area contributed by atoms with Crippen molar-refractivity contribution in [3.63, 3.8) is 0 Å². The highest BCUT2D eigenvalue weighted by molar-refractivity contribution is 7.88. The Labute approximate surface area is 250 Å². The molecular weight excluding hydrogens is 574 g/mol. The third-order valence-corrected chi connectivity index (χ3v) is 7.43. The largest absolute Gasteiger partial charge is 0.491 e. The number of esters is 1. The average Bonchev–Trinajstić information content (AvgIpc) is 3.36. The molecule has 11 nitrogen and oxygen atoms in total. The number of carbonyl (C=O) groups excluding carboxylic acids is 1. The highest BCUT2D eigenvalue weighted by atomic mass is 32.2. The van der Waals surface area contributed by atoms with E-state index in [0.29, 0.717) is 35.2 Å². The molecule has 1 heterocycles. The summed E-state index contributed by atoms with van der Waals surface area (Å²) >= 11 is 0. The van der Waals surface area contributed by atoms with Gasteiger partial charge in [0, 0.05) is 18.0 Å². The van der Waals surface area contributed by atoms with Crippen LogP contribution in [-0.4, -0.2) is 73.8 Å². The van der Waals surface area contributed by atoms with E-state index < -0.39 is 34.2 Å². The van der Waals surface area contributed by atoms with E-state index in [1.165, 1.54) is 29.9 Å². The van der Waals surface area contributed by atoms with Crippen LogP contribution in [0.15, 0.2) is 78.9 Å². The molecule has 0 bridgehead atoms. The van der Waals surface area contributed by atoms with Crippen LogP contribution >= 0.6 is 0 Å². The molecule has 0 spiro atoms. The average molecular weight is 610 g/mol. The first-order valence-electron chi connectivity index (χ1n) is 13.6. The number of aromatic nitrogens is 1. The Morgan fingerprint density at radius 3 is 2.33 bits per heavy atom. The summed E-state index contributed by atoms with van der Waals surface area (Å²) in [6, 6.07) is 22.3. The minimum atomic E-state index is -3.79. The molecule has 12 heteroatoms. The van der Waals surface area contributed by atoms with Crippen molar-refractivity contribution in [2.24, 2.45) is 0 Å². The monoisotopic (exact) mass is 609 g/mol. The number of carbonyl (C=O) groups is 2. The van der Waals surface area contributed by atoms with E-state index in [1.54, 1.807) is 18.2 Å². The molecule has 0 radical (unpaired) electrons. The van der Waals surface area contributed by atoms with Crippen molar-refractivity contribution >= 4 is 32.9 Å². The number of sulfonamides is 1. The molecule has 3 atom stereocenters. The number of carboxylic acids is 1. The summed E-state index contributed by atoms with van der Waals surface area (Å²) in [5.74, 6) is -1.10. The summed E-state index contributed by atoms with van der Waals surface area (Å²) in [5.41, 5.74) is 2.01. The molecule has 0 amide bonds. The van der Waals surface area contributed by atoms with Gasteiger partial charge in [0.25, 0.3) is 0 Å². The number of hydrogen-bond donors (Lipinski definition) is 4. The van der Waals surface area contributed by atoms with Gasteiger partial charge < -0.3 is 29.6 Å². The molecule has 0 saturated carbocycles. The number of nitrogens with one attached hydrogen (secondary N) is 2. The third-order valence-electron chi connectivity index (χ3n) is 6.78. The lowest BCUT2D eigenvalue weighted by Crippen LogP contribution is -2.37. The van der Waals surface area contributed by atoms with Crippen LogP contribution < -0.4 is 14.8 Å². The minimum Gasteiger partial charge on any atom is -0.491 e. The zero-order valence-corrected chi connectivity index (χ0v) is 24.9. The molecule has 4 N–H and O–H groups in total. The molecule has 3 aromatic carbocycles. The van der Waals surface area contributed by atoms with Gasteiger partial charge >= 0.3 is 11.9 Å². The van der Waals surface area contributed by atoms with Gasteiger partial charge in [-0.1, -0.05) is 36.4 Å². The number of aliphatic hydroxyl groups is 1. The Morgan fingerprint density at radius 1 is 1.00 bits per heavy atom. The number of fused-ring (bicyclic) bond motifs is 1. The number of rotatable bonds is 14. The van der Waals surface area contributed by atoms with Gasteiger partial charge in [-0.2, -0.15) is 4.72 Å². The first-order chi connectivity index (χ1) is 20.4. The van der Waals surface area contributed by atoms with Gasteiger partial charge in [0.15, 0.2) is 0 Å². The van der Waals surface area contributed by atoms with Gasteiger partial charge in [-0.05, 0) is 66.9 Å². The maximum Gasteiger partial charge on any atom is 0.352 e. The Morgan fingerprint density at radius 2 is 1.70 bits per heavy atom. The Balaban J connectivity index is 1.55. The lowest BCUT2D eigenvalue weighted by Gasteiger charge is -2.23. The highest BCUT2D eigenvalue weighted by Gasteiger charge is 2.26. The lowest BCUT2D eigenvalue weighted by atomic mass is 10.0. The van der Waals surface area contributed by atoms with Crippen molar-refractivity contribution in [3.05, 3.63) is 101 Å². The van der Waals surface area contributed by atoms with Crippen LogP contribution in [-0.2, 0) is 21.2 Å². The van der Waals surface area contributed by atoms with E-state index in [-0.39, 0.29) is 23.9 Å². The summed E-state index contributed by atoms with van der Waals surface area (Å²) in [6.07, 6.45) is -0.225. The third kappa shape index (κ3) is 8.42. The first kappa shape index (κ1) is 31.7. The van der Waals surface area contributed by atoms with Gasteiger partial charge in [0.1, 0.15) is 30.3 Å². The fourth-order valence-electron chi connectivity index (χ4n) is 4.78. The van der Waals surface area contributed by atoms with E-state index in [1.807, 2.05) is 49.4 Å². The molecule has 228 valence electrons. The SMILES string of the molecule is COC(=O)c1ccc(C(NS(C)(=O)=O)n2c(C(=O)O)cc3cc(CC(C)NCC(O)COc4ccccc4)ccc32)cc1. The Kier molecular flexibility index (Phi) is 10.2. The summed E-state index contributed by atoms with van der Waals surface area (Å²) in [6.45, 7) is 2.45. The standard InChI is InChI=1S/C31H35N3O8S/c1-20(32-18-25(35)19-42-26-7-5-4-6-8-26)15-21-9-14-27-24(16-21)17-28(30(36)37)34(27)29(33-43(3,39)40)22-10-12-23(13-11-22)31(38)41-2/h4-14,16-17,20,25,29,32-33,35H,15,18-19H2,1-3H3,(H,36,37). The van der Waals surface area contributed by atoms with Crippen LogP contribution in [0.2, 0.25) is 0 Å². The summed E-state index contributed by atoms with van der Waals surface area (Å²) < 4.78 is 39.0. The quantitative estimate of drug-likeness (QED) is 0.158. The van der Waals surface area contributed by atoms with Gasteiger partial charge in [0.2, 0.25) is 10.0 Å². The van der Waals surface area contributed by atoms with Crippen LogP contribution in [0, 0.1) is 0 Å². The van der Waals surface area contributed by atoms with Crippen LogP contribution in [0.1, 0.15) is 45.1 Å². The molecule has 0 saturated heterocycles. The van der Waals surface area contributed by atoms with Crippen LogP contribution in [0.3, 0.4) is 0 Å². The summed E-state index contributed by atoms with van der Waals surface area (Å²) in [5, 5.41) is 24.3. The fourth-order valence-corrected chi connectivity index (χ4v) is 5.43. The van der Waals surface area contributed by atoms with Crippen molar-refractivity contribution in [2.75, 3.05) is 26.5 Å². The van der Waals surface area contributed by atoms with E-state index in [2.05, 4.69) is 10.0 Å². The molecule has 4 aromatic rings. The second-order valence-corrected chi connectivity index (χ2v) is 12.1. The first-order valence-corrected chi connectivity index (χ1v) is 15.5. The van der Waals surface area contributed by atoms with Crippen molar-refractivity contribution in [3.8, 4) is 5.75 Å². The van der Waals surface area contributed by atoms with E-state index in [0.717, 1.165) is 11.8 Å². The topological polar surface area (TPSA) is 156 Å². The minimum absolute atomic E-state index is 0.0159. The lowest BCUT2D eigenvalue weighted by molar-refractivity contribution is 0.0599. The molecule has 43 heavy (non-hydrogen) atoms. The molecule has 3 unspecified atom stereocenters. The zero-order chi connectivity index (χ0) is 31.1.